The van der Waals surface area contributed by atoms with Crippen LogP contribution in [0, 0.1) is 12.7 Å². The fourth-order valence-electron chi connectivity index (χ4n) is 1.99. The Kier molecular flexibility index (Phi) is 4.42. The molecule has 0 aliphatic heterocycles. The Bertz CT molecular complexity index is 567. The van der Waals surface area contributed by atoms with Gasteiger partial charge in [-0.15, -0.1) is 0 Å². The summed E-state index contributed by atoms with van der Waals surface area (Å²) < 4.78 is 19.8. The van der Waals surface area contributed by atoms with Gasteiger partial charge in [-0.25, -0.2) is 4.39 Å². The molecule has 1 N–H and O–H groups in total. The maximum absolute atomic E-state index is 13.6. The molecule has 2 aromatic rings. The van der Waals surface area contributed by atoms with Gasteiger partial charge in [0.2, 0.25) is 0 Å². The second-order valence-corrected chi connectivity index (χ2v) is 5.54. The Hall–Kier alpha value is -1.13. The topological polar surface area (TPSA) is 25.2 Å². The lowest BCUT2D eigenvalue weighted by molar-refractivity contribution is 0.393. The fraction of sp³-hybridized carbons (Fsp3) is 0.333. The molecule has 1 aromatic heterocycles. The Labute approximate surface area is 121 Å². The molecule has 2 nitrogen and oxygen atoms in total. The van der Waals surface area contributed by atoms with Gasteiger partial charge in [0.15, 0.2) is 4.67 Å². The van der Waals surface area contributed by atoms with E-state index in [-0.39, 0.29) is 17.9 Å². The molecule has 1 aromatic carbocycles. The third-order valence-corrected chi connectivity index (χ3v) is 3.64. The predicted octanol–water partition coefficient (Wildman–Crippen LogP) is 4.90. The molecule has 0 spiro atoms. The number of hydrogen-bond acceptors (Lipinski definition) is 2. The van der Waals surface area contributed by atoms with E-state index in [4.69, 9.17) is 4.42 Å². The highest BCUT2D eigenvalue weighted by molar-refractivity contribution is 9.10. The molecule has 1 heterocycles. The fourth-order valence-corrected chi connectivity index (χ4v) is 2.31. The highest BCUT2D eigenvalue weighted by Gasteiger charge is 2.14. The van der Waals surface area contributed by atoms with E-state index in [1.165, 1.54) is 0 Å². The lowest BCUT2D eigenvalue weighted by Crippen LogP contribution is -2.22. The van der Waals surface area contributed by atoms with Crippen molar-refractivity contribution >= 4 is 15.9 Å². The molecule has 0 aliphatic rings. The summed E-state index contributed by atoms with van der Waals surface area (Å²) in [5.74, 6) is 0.686. The monoisotopic (exact) mass is 325 g/mol. The van der Waals surface area contributed by atoms with E-state index in [1.807, 2.05) is 32.0 Å². The zero-order chi connectivity index (χ0) is 14.0. The van der Waals surface area contributed by atoms with Crippen molar-refractivity contribution in [1.82, 2.24) is 5.32 Å². The Morgan fingerprint density at radius 2 is 1.89 bits per heavy atom. The summed E-state index contributed by atoms with van der Waals surface area (Å²) in [4.78, 5) is 0. The van der Waals surface area contributed by atoms with Crippen molar-refractivity contribution in [2.45, 2.75) is 32.9 Å². The Balaban J connectivity index is 2.07. The van der Waals surface area contributed by atoms with Crippen molar-refractivity contribution in [2.75, 3.05) is 0 Å². The molecular formula is C15H17BrFNO. The second kappa shape index (κ2) is 5.88. The quantitative estimate of drug-likeness (QED) is 0.864. The first-order chi connectivity index (χ1) is 8.97. The average Bonchev–Trinajstić information content (AvgIpc) is 2.79. The van der Waals surface area contributed by atoms with Crippen molar-refractivity contribution < 1.29 is 8.81 Å². The normalized spacial score (nSPS) is 14.4. The van der Waals surface area contributed by atoms with Crippen LogP contribution in [0.3, 0.4) is 0 Å². The average molecular weight is 326 g/mol. The van der Waals surface area contributed by atoms with E-state index in [0.717, 1.165) is 11.3 Å². The van der Waals surface area contributed by atoms with E-state index in [9.17, 15) is 4.39 Å². The molecule has 0 amide bonds. The molecule has 0 bridgehead atoms. The molecule has 0 radical (unpaired) electrons. The van der Waals surface area contributed by atoms with Gasteiger partial charge in [0.25, 0.3) is 0 Å². The standard InChI is InChI=1S/C15H17BrFNO/c1-9-4-5-12(8-13(9)17)10(2)18-11(3)14-6-7-15(16)19-14/h4-8,10-11,18H,1-3H3. The zero-order valence-corrected chi connectivity index (χ0v) is 12.8. The van der Waals surface area contributed by atoms with E-state index in [2.05, 4.69) is 21.2 Å². The van der Waals surface area contributed by atoms with Crippen molar-refractivity contribution in [3.63, 3.8) is 0 Å². The van der Waals surface area contributed by atoms with Crippen molar-refractivity contribution in [3.05, 3.63) is 57.7 Å². The highest BCUT2D eigenvalue weighted by atomic mass is 79.9. The lowest BCUT2D eigenvalue weighted by Gasteiger charge is -2.19. The van der Waals surface area contributed by atoms with Crippen LogP contribution < -0.4 is 5.32 Å². The van der Waals surface area contributed by atoms with Gasteiger partial charge in [-0.3, -0.25) is 0 Å². The summed E-state index contributed by atoms with van der Waals surface area (Å²) in [7, 11) is 0. The van der Waals surface area contributed by atoms with Crippen LogP contribution in [0.4, 0.5) is 4.39 Å². The van der Waals surface area contributed by atoms with Crippen molar-refractivity contribution in [3.8, 4) is 0 Å². The lowest BCUT2D eigenvalue weighted by atomic mass is 10.0. The minimum Gasteiger partial charge on any atom is -0.453 e. The van der Waals surface area contributed by atoms with Crippen LogP contribution in [0.5, 0.6) is 0 Å². The Morgan fingerprint density at radius 3 is 2.47 bits per heavy atom. The number of furan rings is 1. The van der Waals surface area contributed by atoms with Crippen molar-refractivity contribution in [2.24, 2.45) is 0 Å². The number of nitrogens with one attached hydrogen (secondary N) is 1. The van der Waals surface area contributed by atoms with Crippen LogP contribution in [0.15, 0.2) is 39.4 Å². The van der Waals surface area contributed by atoms with E-state index < -0.39 is 0 Å². The van der Waals surface area contributed by atoms with Crippen LogP contribution in [0.25, 0.3) is 0 Å². The summed E-state index contributed by atoms with van der Waals surface area (Å²) in [6.07, 6.45) is 0. The molecule has 102 valence electrons. The van der Waals surface area contributed by atoms with Crippen molar-refractivity contribution in [1.29, 1.82) is 0 Å². The highest BCUT2D eigenvalue weighted by Crippen LogP contribution is 2.24. The SMILES string of the molecule is Cc1ccc(C(C)NC(C)c2ccc(Br)o2)cc1F. The summed E-state index contributed by atoms with van der Waals surface area (Å²) in [6, 6.07) is 9.23. The summed E-state index contributed by atoms with van der Waals surface area (Å²) >= 11 is 3.29. The van der Waals surface area contributed by atoms with E-state index in [1.54, 1.807) is 19.1 Å². The molecule has 2 rings (SSSR count). The van der Waals surface area contributed by atoms with Gasteiger partial charge in [0, 0.05) is 6.04 Å². The second-order valence-electron chi connectivity index (χ2n) is 4.76. The number of aryl methyl sites for hydroxylation is 1. The third kappa shape index (κ3) is 3.45. The minimum atomic E-state index is -0.167. The van der Waals surface area contributed by atoms with Crippen LogP contribution in [-0.4, -0.2) is 0 Å². The molecule has 4 heteroatoms. The Morgan fingerprint density at radius 1 is 1.16 bits per heavy atom. The number of benzene rings is 1. The first-order valence-corrected chi connectivity index (χ1v) is 7.04. The first kappa shape index (κ1) is 14.3. The van der Waals surface area contributed by atoms with Gasteiger partial charge < -0.3 is 9.73 Å². The third-order valence-electron chi connectivity index (χ3n) is 3.22. The maximum atomic E-state index is 13.6. The first-order valence-electron chi connectivity index (χ1n) is 6.24. The molecular weight excluding hydrogens is 309 g/mol. The van der Waals surface area contributed by atoms with Gasteiger partial charge in [-0.2, -0.15) is 0 Å². The van der Waals surface area contributed by atoms with E-state index >= 15 is 0 Å². The molecule has 19 heavy (non-hydrogen) atoms. The molecule has 2 atom stereocenters. The summed E-state index contributed by atoms with van der Waals surface area (Å²) in [5, 5.41) is 3.39. The number of rotatable bonds is 4. The van der Waals surface area contributed by atoms with Crippen LogP contribution >= 0.6 is 15.9 Å². The smallest absolute Gasteiger partial charge is 0.169 e. The minimum absolute atomic E-state index is 0.0500. The van der Waals surface area contributed by atoms with E-state index in [0.29, 0.717) is 10.2 Å². The van der Waals surface area contributed by atoms with Crippen LogP contribution in [0.1, 0.15) is 42.8 Å². The summed E-state index contributed by atoms with van der Waals surface area (Å²) in [5.41, 5.74) is 1.60. The van der Waals surface area contributed by atoms with Gasteiger partial charge in [-0.1, -0.05) is 12.1 Å². The zero-order valence-electron chi connectivity index (χ0n) is 11.2. The molecule has 0 saturated carbocycles. The predicted molar refractivity (Wildman–Crippen MR) is 77.5 cm³/mol. The summed E-state index contributed by atoms with van der Waals surface area (Å²) in [6.45, 7) is 5.80. The number of halogens is 2. The molecule has 0 aliphatic carbocycles. The van der Waals surface area contributed by atoms with Gasteiger partial charge in [-0.05, 0) is 66.0 Å². The molecule has 0 saturated heterocycles. The molecule has 2 unspecified atom stereocenters. The largest absolute Gasteiger partial charge is 0.453 e. The number of hydrogen-bond donors (Lipinski definition) is 1. The molecule has 0 fully saturated rings. The van der Waals surface area contributed by atoms with Crippen LogP contribution in [-0.2, 0) is 0 Å². The van der Waals surface area contributed by atoms with Gasteiger partial charge in [0.1, 0.15) is 11.6 Å². The van der Waals surface area contributed by atoms with Crippen LogP contribution in [0.2, 0.25) is 0 Å². The van der Waals surface area contributed by atoms with Gasteiger partial charge >= 0.3 is 0 Å². The maximum Gasteiger partial charge on any atom is 0.169 e. The van der Waals surface area contributed by atoms with Gasteiger partial charge in [0.05, 0.1) is 6.04 Å².